The summed E-state index contributed by atoms with van der Waals surface area (Å²) in [6.07, 6.45) is 3.19. The summed E-state index contributed by atoms with van der Waals surface area (Å²) in [6.45, 7) is 1.48. The first kappa shape index (κ1) is 13.3. The average molecular weight is 265 g/mol. The lowest BCUT2D eigenvalue weighted by Crippen LogP contribution is -2.16. The summed E-state index contributed by atoms with van der Waals surface area (Å²) in [4.78, 5) is 0. The largest absolute Gasteiger partial charge is 0.491 e. The maximum atomic E-state index is 5.72. The van der Waals surface area contributed by atoms with Crippen molar-refractivity contribution in [2.45, 2.75) is 25.4 Å². The van der Waals surface area contributed by atoms with Crippen LogP contribution in [0.2, 0.25) is 0 Å². The van der Waals surface area contributed by atoms with Gasteiger partial charge >= 0.3 is 0 Å². The molecule has 2 rings (SSSR count). The van der Waals surface area contributed by atoms with Crippen molar-refractivity contribution < 1.29 is 9.47 Å². The van der Waals surface area contributed by atoms with Gasteiger partial charge in [-0.2, -0.15) is 0 Å². The second kappa shape index (κ2) is 7.31. The van der Waals surface area contributed by atoms with Crippen LogP contribution in [-0.2, 0) is 4.74 Å². The van der Waals surface area contributed by atoms with Crippen LogP contribution < -0.4 is 4.74 Å². The Morgan fingerprint density at radius 2 is 2.39 bits per heavy atom. The number of hydrogen-bond donors (Lipinski definition) is 0. The van der Waals surface area contributed by atoms with E-state index in [1.54, 1.807) is 0 Å². The Balaban J connectivity index is 1.88. The zero-order chi connectivity index (χ0) is 12.6. The lowest BCUT2D eigenvalue weighted by atomic mass is 10.2. The zero-order valence-electron chi connectivity index (χ0n) is 10.3. The van der Waals surface area contributed by atoms with Crippen LogP contribution in [0.3, 0.4) is 0 Å². The van der Waals surface area contributed by atoms with Crippen LogP contribution in [0.5, 0.6) is 5.75 Å². The second-order valence-corrected chi connectivity index (χ2v) is 4.59. The van der Waals surface area contributed by atoms with Crippen LogP contribution in [-0.4, -0.2) is 25.2 Å². The smallest absolute Gasteiger partial charge is 0.120 e. The molecule has 1 aliphatic rings. The predicted molar refractivity (Wildman–Crippen MR) is 73.1 cm³/mol. The van der Waals surface area contributed by atoms with Gasteiger partial charge in [0.25, 0.3) is 0 Å². The van der Waals surface area contributed by atoms with E-state index in [-0.39, 0.29) is 6.10 Å². The summed E-state index contributed by atoms with van der Waals surface area (Å²) < 4.78 is 11.2. The summed E-state index contributed by atoms with van der Waals surface area (Å²) in [5.41, 5.74) is 0.963. The van der Waals surface area contributed by atoms with Gasteiger partial charge in [-0.15, -0.1) is 11.6 Å². The Morgan fingerprint density at radius 3 is 3.17 bits per heavy atom. The minimum Gasteiger partial charge on any atom is -0.491 e. The molecule has 1 aromatic rings. The normalized spacial score (nSPS) is 18.2. The Labute approximate surface area is 113 Å². The molecule has 1 atom stereocenters. The highest BCUT2D eigenvalue weighted by Gasteiger charge is 2.15. The molecule has 2 nitrogen and oxygen atoms in total. The van der Waals surface area contributed by atoms with Crippen molar-refractivity contribution in [3.8, 4) is 17.6 Å². The van der Waals surface area contributed by atoms with Crippen molar-refractivity contribution in [2.75, 3.05) is 19.1 Å². The van der Waals surface area contributed by atoms with Crippen molar-refractivity contribution in [3.63, 3.8) is 0 Å². The molecule has 96 valence electrons. The highest BCUT2D eigenvalue weighted by molar-refractivity contribution is 6.18. The van der Waals surface area contributed by atoms with Crippen LogP contribution in [0.4, 0.5) is 0 Å². The molecular weight excluding hydrogens is 248 g/mol. The third-order valence-corrected chi connectivity index (χ3v) is 2.94. The van der Waals surface area contributed by atoms with E-state index in [1.807, 2.05) is 24.3 Å². The van der Waals surface area contributed by atoms with E-state index in [0.29, 0.717) is 18.9 Å². The van der Waals surface area contributed by atoms with Crippen molar-refractivity contribution >= 4 is 11.6 Å². The molecule has 1 heterocycles. The molecule has 0 spiro atoms. The first-order chi connectivity index (χ1) is 8.88. The fraction of sp³-hybridized carbons (Fsp3) is 0.467. The minimum absolute atomic E-state index is 0.246. The predicted octanol–water partition coefficient (Wildman–Crippen LogP) is 3.22. The van der Waals surface area contributed by atoms with E-state index in [2.05, 4.69) is 11.8 Å². The topological polar surface area (TPSA) is 18.5 Å². The van der Waals surface area contributed by atoms with E-state index in [4.69, 9.17) is 21.1 Å². The average Bonchev–Trinajstić information content (AvgIpc) is 2.90. The van der Waals surface area contributed by atoms with E-state index < -0.39 is 0 Å². The van der Waals surface area contributed by atoms with Gasteiger partial charge in [0.1, 0.15) is 12.4 Å². The van der Waals surface area contributed by atoms with Gasteiger partial charge < -0.3 is 9.47 Å². The van der Waals surface area contributed by atoms with Crippen molar-refractivity contribution in [2.24, 2.45) is 0 Å². The molecule has 3 heteroatoms. The molecular formula is C15H17ClO2. The number of hydrogen-bond acceptors (Lipinski definition) is 2. The number of rotatable bonds is 4. The van der Waals surface area contributed by atoms with Gasteiger partial charge in [0.15, 0.2) is 0 Å². The molecule has 0 radical (unpaired) electrons. The number of alkyl halides is 1. The fourth-order valence-electron chi connectivity index (χ4n) is 1.84. The Morgan fingerprint density at radius 1 is 1.44 bits per heavy atom. The van der Waals surface area contributed by atoms with Gasteiger partial charge in [0.2, 0.25) is 0 Å². The quantitative estimate of drug-likeness (QED) is 0.614. The van der Waals surface area contributed by atoms with Crippen LogP contribution in [0.15, 0.2) is 24.3 Å². The lowest BCUT2D eigenvalue weighted by molar-refractivity contribution is 0.0679. The van der Waals surface area contributed by atoms with E-state index in [0.717, 1.165) is 30.8 Å². The third kappa shape index (κ3) is 4.25. The maximum Gasteiger partial charge on any atom is 0.120 e. The summed E-state index contributed by atoms with van der Waals surface area (Å²) >= 11 is 5.58. The molecule has 1 saturated heterocycles. The molecule has 0 saturated carbocycles. The standard InChI is InChI=1S/C15H17ClO2/c16-9-2-1-5-13-6-3-7-14(11-13)18-12-15-8-4-10-17-15/h3,6-7,11,15H,2,4,8-10,12H2. The monoisotopic (exact) mass is 264 g/mol. The molecule has 1 unspecified atom stereocenters. The first-order valence-corrected chi connectivity index (χ1v) is 6.81. The third-order valence-electron chi connectivity index (χ3n) is 2.75. The van der Waals surface area contributed by atoms with Gasteiger partial charge in [-0.25, -0.2) is 0 Å². The van der Waals surface area contributed by atoms with Gasteiger partial charge in [0.05, 0.1) is 6.10 Å². The summed E-state index contributed by atoms with van der Waals surface area (Å²) in [7, 11) is 0. The molecule has 1 aliphatic heterocycles. The van der Waals surface area contributed by atoms with E-state index in [1.165, 1.54) is 0 Å². The second-order valence-electron chi connectivity index (χ2n) is 4.21. The number of ether oxygens (including phenoxy) is 2. The highest BCUT2D eigenvalue weighted by atomic mass is 35.5. The van der Waals surface area contributed by atoms with Crippen LogP contribution in [0, 0.1) is 11.8 Å². The Kier molecular flexibility index (Phi) is 5.38. The molecule has 0 bridgehead atoms. The number of benzene rings is 1. The minimum atomic E-state index is 0.246. The van der Waals surface area contributed by atoms with Crippen LogP contribution >= 0.6 is 11.6 Å². The Hall–Kier alpha value is -1.17. The van der Waals surface area contributed by atoms with Gasteiger partial charge in [-0.1, -0.05) is 17.9 Å². The molecule has 0 N–H and O–H groups in total. The van der Waals surface area contributed by atoms with Gasteiger partial charge in [-0.05, 0) is 31.0 Å². The molecule has 0 aromatic heterocycles. The molecule has 0 amide bonds. The van der Waals surface area contributed by atoms with E-state index in [9.17, 15) is 0 Å². The molecule has 0 aliphatic carbocycles. The SMILES string of the molecule is ClCCC#Cc1cccc(OCC2CCCO2)c1. The molecule has 1 aromatic carbocycles. The van der Waals surface area contributed by atoms with Crippen molar-refractivity contribution in [1.29, 1.82) is 0 Å². The van der Waals surface area contributed by atoms with Gasteiger partial charge in [-0.3, -0.25) is 0 Å². The Bertz CT molecular complexity index is 428. The van der Waals surface area contributed by atoms with Crippen molar-refractivity contribution in [3.05, 3.63) is 29.8 Å². The summed E-state index contributed by atoms with van der Waals surface area (Å²) in [6, 6.07) is 7.83. The van der Waals surface area contributed by atoms with Crippen LogP contribution in [0.1, 0.15) is 24.8 Å². The maximum absolute atomic E-state index is 5.72. The first-order valence-electron chi connectivity index (χ1n) is 6.28. The fourth-order valence-corrected chi connectivity index (χ4v) is 1.93. The lowest BCUT2D eigenvalue weighted by Gasteiger charge is -2.11. The van der Waals surface area contributed by atoms with Gasteiger partial charge in [0, 0.05) is 24.5 Å². The summed E-state index contributed by atoms with van der Waals surface area (Å²) in [5.74, 6) is 7.50. The van der Waals surface area contributed by atoms with E-state index >= 15 is 0 Å². The zero-order valence-corrected chi connectivity index (χ0v) is 11.1. The highest BCUT2D eigenvalue weighted by Crippen LogP contribution is 2.16. The molecule has 18 heavy (non-hydrogen) atoms. The number of halogens is 1. The summed E-state index contributed by atoms with van der Waals surface area (Å²) in [5, 5.41) is 0. The molecule has 1 fully saturated rings. The van der Waals surface area contributed by atoms with Crippen LogP contribution in [0.25, 0.3) is 0 Å². The van der Waals surface area contributed by atoms with Crippen molar-refractivity contribution in [1.82, 2.24) is 0 Å².